The molecule has 18 heavy (non-hydrogen) atoms. The highest BCUT2D eigenvalue weighted by molar-refractivity contribution is 7.09. The SMILES string of the molecule is CC1(C(=O)NCc2nc(C(=O)O)cs2)CCCO1. The van der Waals surface area contributed by atoms with Gasteiger partial charge in [-0.25, -0.2) is 9.78 Å². The molecule has 1 saturated heterocycles. The number of thiazole rings is 1. The standard InChI is InChI=1S/C11H14N2O4S/c1-11(3-2-4-17-11)10(16)12-5-8-13-7(6-18-8)9(14)15/h6H,2-5H2,1H3,(H,12,16)(H,14,15). The van der Waals surface area contributed by atoms with Crippen molar-refractivity contribution in [3.63, 3.8) is 0 Å². The van der Waals surface area contributed by atoms with Gasteiger partial charge >= 0.3 is 5.97 Å². The van der Waals surface area contributed by atoms with E-state index in [2.05, 4.69) is 10.3 Å². The normalized spacial score (nSPS) is 22.9. The van der Waals surface area contributed by atoms with Crippen LogP contribution in [0.2, 0.25) is 0 Å². The number of ether oxygens (including phenoxy) is 1. The molecule has 2 N–H and O–H groups in total. The Morgan fingerprint density at radius 2 is 2.44 bits per heavy atom. The number of carboxylic acids is 1. The molecular formula is C11H14N2O4S. The zero-order chi connectivity index (χ0) is 13.2. The minimum absolute atomic E-state index is 0.00702. The lowest BCUT2D eigenvalue weighted by molar-refractivity contribution is -0.139. The van der Waals surface area contributed by atoms with E-state index in [9.17, 15) is 9.59 Å². The van der Waals surface area contributed by atoms with Crippen molar-refractivity contribution in [1.82, 2.24) is 10.3 Å². The maximum absolute atomic E-state index is 11.9. The van der Waals surface area contributed by atoms with Crippen LogP contribution < -0.4 is 5.32 Å². The van der Waals surface area contributed by atoms with Crippen molar-refractivity contribution < 1.29 is 19.4 Å². The monoisotopic (exact) mass is 270 g/mol. The first-order chi connectivity index (χ1) is 8.51. The summed E-state index contributed by atoms with van der Waals surface area (Å²) in [5.41, 5.74) is -0.750. The average molecular weight is 270 g/mol. The summed E-state index contributed by atoms with van der Waals surface area (Å²) in [5, 5.41) is 13.5. The van der Waals surface area contributed by atoms with Gasteiger partial charge in [0.1, 0.15) is 10.6 Å². The molecule has 1 fully saturated rings. The molecule has 1 amide bonds. The Hall–Kier alpha value is -1.47. The fourth-order valence-electron chi connectivity index (χ4n) is 1.79. The van der Waals surface area contributed by atoms with Crippen LogP contribution in [0.1, 0.15) is 35.3 Å². The molecule has 6 nitrogen and oxygen atoms in total. The molecule has 0 bridgehead atoms. The molecule has 1 aromatic heterocycles. The Morgan fingerprint density at radius 1 is 1.67 bits per heavy atom. The van der Waals surface area contributed by atoms with E-state index in [0.717, 1.165) is 6.42 Å². The Bertz CT molecular complexity index is 465. The Labute approximate surface area is 108 Å². The third kappa shape index (κ3) is 2.68. The summed E-state index contributed by atoms with van der Waals surface area (Å²) in [4.78, 5) is 26.4. The number of carbonyl (C=O) groups is 2. The highest BCUT2D eigenvalue weighted by Gasteiger charge is 2.37. The first-order valence-electron chi connectivity index (χ1n) is 5.61. The van der Waals surface area contributed by atoms with Gasteiger partial charge in [0.2, 0.25) is 0 Å². The molecule has 98 valence electrons. The number of aromatic nitrogens is 1. The number of rotatable bonds is 4. The summed E-state index contributed by atoms with van der Waals surface area (Å²) in [5.74, 6) is -1.23. The zero-order valence-electron chi connectivity index (χ0n) is 9.93. The summed E-state index contributed by atoms with van der Waals surface area (Å²) in [7, 11) is 0. The van der Waals surface area contributed by atoms with Crippen molar-refractivity contribution in [1.29, 1.82) is 0 Å². The second kappa shape index (κ2) is 5.03. The van der Waals surface area contributed by atoms with Crippen molar-refractivity contribution in [2.75, 3.05) is 6.61 Å². The van der Waals surface area contributed by atoms with Crippen molar-refractivity contribution in [2.24, 2.45) is 0 Å². The Morgan fingerprint density at radius 3 is 3.00 bits per heavy atom. The Balaban J connectivity index is 1.90. The summed E-state index contributed by atoms with van der Waals surface area (Å²) in [6, 6.07) is 0. The molecule has 1 atom stereocenters. The van der Waals surface area contributed by atoms with Crippen LogP contribution in [-0.2, 0) is 16.1 Å². The molecule has 7 heteroatoms. The quantitative estimate of drug-likeness (QED) is 0.853. The predicted molar refractivity (Wildman–Crippen MR) is 64.5 cm³/mol. The average Bonchev–Trinajstić information content (AvgIpc) is 2.95. The summed E-state index contributed by atoms with van der Waals surface area (Å²) in [6.45, 7) is 2.60. The second-order valence-electron chi connectivity index (χ2n) is 4.30. The Kier molecular flexibility index (Phi) is 3.63. The van der Waals surface area contributed by atoms with Crippen LogP contribution >= 0.6 is 11.3 Å². The highest BCUT2D eigenvalue weighted by Crippen LogP contribution is 2.25. The van der Waals surface area contributed by atoms with Crippen molar-refractivity contribution in [2.45, 2.75) is 31.9 Å². The molecule has 0 saturated carbocycles. The predicted octanol–water partition coefficient (Wildman–Crippen LogP) is 1.03. The molecular weight excluding hydrogens is 256 g/mol. The van der Waals surface area contributed by atoms with Crippen LogP contribution in [0.15, 0.2) is 5.38 Å². The van der Waals surface area contributed by atoms with Gasteiger partial charge in [-0.05, 0) is 19.8 Å². The van der Waals surface area contributed by atoms with Crippen LogP contribution in [0.25, 0.3) is 0 Å². The first kappa shape index (κ1) is 13.0. The van der Waals surface area contributed by atoms with Crippen LogP contribution in [-0.4, -0.2) is 34.2 Å². The lowest BCUT2D eigenvalue weighted by atomic mass is 10.0. The number of nitrogens with one attached hydrogen (secondary N) is 1. The van der Waals surface area contributed by atoms with Gasteiger partial charge in [0.05, 0.1) is 6.54 Å². The number of carbonyl (C=O) groups excluding carboxylic acids is 1. The van der Waals surface area contributed by atoms with Gasteiger partial charge in [-0.15, -0.1) is 11.3 Å². The van der Waals surface area contributed by atoms with Crippen molar-refractivity contribution in [3.05, 3.63) is 16.1 Å². The molecule has 0 aromatic carbocycles. The van der Waals surface area contributed by atoms with Gasteiger partial charge < -0.3 is 15.2 Å². The number of hydrogen-bond acceptors (Lipinski definition) is 5. The largest absolute Gasteiger partial charge is 0.476 e. The topological polar surface area (TPSA) is 88.5 Å². The zero-order valence-corrected chi connectivity index (χ0v) is 10.7. The fraction of sp³-hybridized carbons (Fsp3) is 0.545. The van der Waals surface area contributed by atoms with Crippen molar-refractivity contribution >= 4 is 23.2 Å². The second-order valence-corrected chi connectivity index (χ2v) is 5.24. The van der Waals surface area contributed by atoms with E-state index in [1.54, 1.807) is 6.92 Å². The molecule has 2 rings (SSSR count). The molecule has 1 aromatic rings. The summed E-state index contributed by atoms with van der Waals surface area (Å²) < 4.78 is 5.41. The molecule has 1 unspecified atom stereocenters. The molecule has 1 aliphatic heterocycles. The first-order valence-corrected chi connectivity index (χ1v) is 6.49. The minimum Gasteiger partial charge on any atom is -0.476 e. The number of aromatic carboxylic acids is 1. The lowest BCUT2D eigenvalue weighted by Crippen LogP contribution is -2.43. The number of amides is 1. The summed E-state index contributed by atoms with van der Waals surface area (Å²) >= 11 is 1.21. The number of nitrogens with zero attached hydrogens (tertiary/aromatic N) is 1. The molecule has 0 aliphatic carbocycles. The van der Waals surface area contributed by atoms with E-state index in [-0.39, 0.29) is 18.1 Å². The van der Waals surface area contributed by atoms with E-state index in [1.807, 2.05) is 0 Å². The third-order valence-corrected chi connectivity index (χ3v) is 3.72. The number of carboxylic acid groups (broad SMARTS) is 1. The summed E-state index contributed by atoms with van der Waals surface area (Å²) in [6.07, 6.45) is 1.58. The molecule has 2 heterocycles. The van der Waals surface area contributed by atoms with Crippen LogP contribution in [0.5, 0.6) is 0 Å². The molecule has 0 spiro atoms. The fourth-order valence-corrected chi connectivity index (χ4v) is 2.50. The minimum atomic E-state index is -1.06. The van der Waals surface area contributed by atoms with E-state index in [0.29, 0.717) is 18.0 Å². The molecule has 1 aliphatic rings. The van der Waals surface area contributed by atoms with Gasteiger partial charge in [0.15, 0.2) is 5.69 Å². The number of hydrogen-bond donors (Lipinski definition) is 2. The molecule has 0 radical (unpaired) electrons. The third-order valence-electron chi connectivity index (χ3n) is 2.87. The van der Waals surface area contributed by atoms with Crippen LogP contribution in [0, 0.1) is 0 Å². The lowest BCUT2D eigenvalue weighted by Gasteiger charge is -2.21. The highest BCUT2D eigenvalue weighted by atomic mass is 32.1. The van der Waals surface area contributed by atoms with E-state index in [4.69, 9.17) is 9.84 Å². The van der Waals surface area contributed by atoms with E-state index >= 15 is 0 Å². The van der Waals surface area contributed by atoms with Gasteiger partial charge in [-0.1, -0.05) is 0 Å². The smallest absolute Gasteiger partial charge is 0.355 e. The maximum Gasteiger partial charge on any atom is 0.355 e. The van der Waals surface area contributed by atoms with E-state index < -0.39 is 11.6 Å². The van der Waals surface area contributed by atoms with Gasteiger partial charge in [0.25, 0.3) is 5.91 Å². The van der Waals surface area contributed by atoms with Gasteiger partial charge in [-0.3, -0.25) is 4.79 Å². The van der Waals surface area contributed by atoms with Crippen molar-refractivity contribution in [3.8, 4) is 0 Å². The van der Waals surface area contributed by atoms with Crippen LogP contribution in [0.3, 0.4) is 0 Å². The van der Waals surface area contributed by atoms with Crippen LogP contribution in [0.4, 0.5) is 0 Å². The van der Waals surface area contributed by atoms with E-state index in [1.165, 1.54) is 16.7 Å². The maximum atomic E-state index is 11.9. The van der Waals surface area contributed by atoms with Gasteiger partial charge in [-0.2, -0.15) is 0 Å². The van der Waals surface area contributed by atoms with Gasteiger partial charge in [0, 0.05) is 12.0 Å².